The van der Waals surface area contributed by atoms with Crippen LogP contribution in [0.3, 0.4) is 0 Å². The van der Waals surface area contributed by atoms with Crippen LogP contribution in [0.1, 0.15) is 11.1 Å². The van der Waals surface area contributed by atoms with Gasteiger partial charge in [-0.2, -0.15) is 0 Å². The van der Waals surface area contributed by atoms with E-state index in [0.717, 1.165) is 12.1 Å². The maximum absolute atomic E-state index is 4.04. The summed E-state index contributed by atoms with van der Waals surface area (Å²) in [7, 11) is -1.28. The third-order valence-corrected chi connectivity index (χ3v) is 3.34. The van der Waals surface area contributed by atoms with Gasteiger partial charge in [0.25, 0.3) is 0 Å². The van der Waals surface area contributed by atoms with Gasteiger partial charge >= 0.3 is 0 Å². The molecule has 18 heavy (non-hydrogen) atoms. The summed E-state index contributed by atoms with van der Waals surface area (Å²) in [4.78, 5) is 4.04. The number of rotatable bonds is 2. The van der Waals surface area contributed by atoms with Gasteiger partial charge in [-0.05, 0) is 17.7 Å². The maximum atomic E-state index is 4.04. The van der Waals surface area contributed by atoms with Crippen molar-refractivity contribution in [1.29, 1.82) is 0 Å². The monoisotopic (exact) mass is 254 g/mol. The van der Waals surface area contributed by atoms with Gasteiger partial charge in [-0.1, -0.05) is 37.7 Å². The lowest BCUT2D eigenvalue weighted by Gasteiger charge is -2.04. The van der Waals surface area contributed by atoms with E-state index in [-0.39, 0.29) is 0 Å². The fourth-order valence-electron chi connectivity index (χ4n) is 1.54. The van der Waals surface area contributed by atoms with Crippen molar-refractivity contribution in [2.75, 3.05) is 0 Å². The molecule has 0 aliphatic carbocycles. The molecule has 0 radical (unpaired) electrons. The van der Waals surface area contributed by atoms with Crippen molar-refractivity contribution in [2.45, 2.75) is 26.2 Å². The van der Waals surface area contributed by atoms with Crippen LogP contribution in [0.25, 0.3) is 0 Å². The predicted octanol–water partition coefficient (Wildman–Crippen LogP) is 3.16. The van der Waals surface area contributed by atoms with E-state index < -0.39 is 8.07 Å². The van der Waals surface area contributed by atoms with Crippen LogP contribution in [-0.4, -0.2) is 17.6 Å². The molecule has 0 unspecified atom stereocenters. The third kappa shape index (κ3) is 3.90. The van der Waals surface area contributed by atoms with Crippen LogP contribution in [0.4, 0.5) is 0 Å². The third-order valence-electron chi connectivity index (χ3n) is 2.46. The second kappa shape index (κ2) is 5.24. The van der Waals surface area contributed by atoms with Gasteiger partial charge in [-0.3, -0.25) is 0 Å². The first kappa shape index (κ1) is 12.7. The Bertz CT molecular complexity index is 551. The van der Waals surface area contributed by atoms with Gasteiger partial charge in [-0.15, -0.1) is 5.54 Å². The summed E-state index contributed by atoms with van der Waals surface area (Å²) in [5.41, 5.74) is 5.75. The van der Waals surface area contributed by atoms with Crippen LogP contribution in [0.2, 0.25) is 19.6 Å². The average molecular weight is 254 g/mol. The summed E-state index contributed by atoms with van der Waals surface area (Å²) in [5, 5.41) is 0. The second-order valence-electron chi connectivity index (χ2n) is 5.43. The van der Waals surface area contributed by atoms with E-state index in [1.54, 1.807) is 6.20 Å². The lowest BCUT2D eigenvalue weighted by atomic mass is 10.1. The van der Waals surface area contributed by atoms with Crippen LogP contribution >= 0.6 is 0 Å². The SMILES string of the molecule is C[Si](C)(C)C#Cc1ccc(Cn2ccnc2)cc1. The Morgan fingerprint density at radius 2 is 1.89 bits per heavy atom. The Balaban J connectivity index is 2.08. The van der Waals surface area contributed by atoms with Crippen molar-refractivity contribution in [3.05, 3.63) is 54.1 Å². The van der Waals surface area contributed by atoms with E-state index in [9.17, 15) is 0 Å². The van der Waals surface area contributed by atoms with Crippen LogP contribution in [0.5, 0.6) is 0 Å². The molecule has 92 valence electrons. The molecule has 2 nitrogen and oxygen atoms in total. The minimum absolute atomic E-state index is 0.863. The molecule has 1 aromatic heterocycles. The molecule has 0 saturated heterocycles. The molecule has 2 aromatic rings. The summed E-state index contributed by atoms with van der Waals surface area (Å²) in [5.74, 6) is 3.26. The van der Waals surface area contributed by atoms with E-state index in [1.807, 2.05) is 12.5 Å². The number of hydrogen-bond donors (Lipinski definition) is 0. The Morgan fingerprint density at radius 3 is 2.44 bits per heavy atom. The van der Waals surface area contributed by atoms with E-state index in [1.165, 1.54) is 5.56 Å². The highest BCUT2D eigenvalue weighted by Crippen LogP contribution is 2.06. The second-order valence-corrected chi connectivity index (χ2v) is 10.2. The molecule has 2 rings (SSSR count). The van der Waals surface area contributed by atoms with Crippen LogP contribution in [0, 0.1) is 11.5 Å². The Morgan fingerprint density at radius 1 is 1.17 bits per heavy atom. The Labute approximate surface area is 110 Å². The first-order chi connectivity index (χ1) is 8.53. The summed E-state index contributed by atoms with van der Waals surface area (Å²) < 4.78 is 2.06. The lowest BCUT2D eigenvalue weighted by Crippen LogP contribution is -2.16. The number of benzene rings is 1. The normalized spacial score (nSPS) is 10.8. The quantitative estimate of drug-likeness (QED) is 0.594. The van der Waals surface area contributed by atoms with Gasteiger partial charge < -0.3 is 4.57 Å². The summed E-state index contributed by atoms with van der Waals surface area (Å²) in [6, 6.07) is 8.46. The zero-order valence-corrected chi connectivity index (χ0v) is 12.1. The van der Waals surface area contributed by atoms with Crippen molar-refractivity contribution in [2.24, 2.45) is 0 Å². The molecule has 0 N–H and O–H groups in total. The molecule has 0 atom stereocenters. The van der Waals surface area contributed by atoms with Gasteiger partial charge in [-0.25, -0.2) is 4.98 Å². The van der Waals surface area contributed by atoms with Crippen molar-refractivity contribution in [3.8, 4) is 11.5 Å². The molecule has 0 aliphatic rings. The fourth-order valence-corrected chi connectivity index (χ4v) is 2.06. The lowest BCUT2D eigenvalue weighted by molar-refractivity contribution is 0.797. The van der Waals surface area contributed by atoms with E-state index >= 15 is 0 Å². The molecule has 0 fully saturated rings. The topological polar surface area (TPSA) is 17.8 Å². The molecule has 3 heteroatoms. The smallest absolute Gasteiger partial charge is 0.129 e. The molecule has 0 amide bonds. The van der Waals surface area contributed by atoms with E-state index in [2.05, 4.69) is 64.9 Å². The Hall–Kier alpha value is -1.79. The summed E-state index contributed by atoms with van der Waals surface area (Å²) in [6.45, 7) is 7.63. The first-order valence-corrected chi connectivity index (χ1v) is 9.61. The van der Waals surface area contributed by atoms with Crippen molar-refractivity contribution >= 4 is 8.07 Å². The van der Waals surface area contributed by atoms with Gasteiger partial charge in [0.1, 0.15) is 8.07 Å². The van der Waals surface area contributed by atoms with Crippen molar-refractivity contribution < 1.29 is 0 Å². The highest BCUT2D eigenvalue weighted by Gasteiger charge is 2.07. The maximum Gasteiger partial charge on any atom is 0.129 e. The fraction of sp³-hybridized carbons (Fsp3) is 0.267. The van der Waals surface area contributed by atoms with E-state index in [4.69, 9.17) is 0 Å². The molecule has 1 aromatic carbocycles. The van der Waals surface area contributed by atoms with Crippen LogP contribution in [-0.2, 0) is 6.54 Å². The van der Waals surface area contributed by atoms with Crippen molar-refractivity contribution in [3.63, 3.8) is 0 Å². The van der Waals surface area contributed by atoms with Crippen molar-refractivity contribution in [1.82, 2.24) is 9.55 Å². The zero-order chi connectivity index (χ0) is 13.0. The molecule has 0 saturated carbocycles. The molecule has 0 bridgehead atoms. The Kier molecular flexibility index (Phi) is 3.68. The van der Waals surface area contributed by atoms with Gasteiger partial charge in [0, 0.05) is 24.5 Å². The molecular weight excluding hydrogens is 236 g/mol. The number of nitrogens with zero attached hydrogens (tertiary/aromatic N) is 2. The first-order valence-electron chi connectivity index (χ1n) is 6.11. The average Bonchev–Trinajstić information content (AvgIpc) is 2.80. The van der Waals surface area contributed by atoms with Crippen LogP contribution in [0.15, 0.2) is 43.0 Å². The highest BCUT2D eigenvalue weighted by molar-refractivity contribution is 6.83. The van der Waals surface area contributed by atoms with Crippen LogP contribution < -0.4 is 0 Å². The van der Waals surface area contributed by atoms with Gasteiger partial charge in [0.05, 0.1) is 6.33 Å². The molecule has 1 heterocycles. The summed E-state index contributed by atoms with van der Waals surface area (Å²) in [6.07, 6.45) is 5.60. The minimum Gasteiger partial charge on any atom is -0.333 e. The number of aromatic nitrogens is 2. The molecule has 0 spiro atoms. The largest absolute Gasteiger partial charge is 0.333 e. The zero-order valence-electron chi connectivity index (χ0n) is 11.1. The van der Waals surface area contributed by atoms with E-state index in [0.29, 0.717) is 0 Å². The predicted molar refractivity (Wildman–Crippen MR) is 78.0 cm³/mol. The number of hydrogen-bond acceptors (Lipinski definition) is 1. The minimum atomic E-state index is -1.28. The number of imidazole rings is 1. The van der Waals surface area contributed by atoms with Gasteiger partial charge in [0.15, 0.2) is 0 Å². The molecular formula is C15H18N2Si. The van der Waals surface area contributed by atoms with Gasteiger partial charge in [0.2, 0.25) is 0 Å². The molecule has 0 aliphatic heterocycles. The highest BCUT2D eigenvalue weighted by atomic mass is 28.3. The standard InChI is InChI=1S/C15H18N2Si/c1-18(2,3)11-8-14-4-6-15(7-5-14)12-17-10-9-16-13-17/h4-7,9-10,13H,12H2,1-3H3. The summed E-state index contributed by atoms with van der Waals surface area (Å²) >= 11 is 0.